The molecule has 1 aromatic heterocycles. The predicted octanol–water partition coefficient (Wildman–Crippen LogP) is 6.82. The van der Waals surface area contributed by atoms with Gasteiger partial charge in [0.1, 0.15) is 5.82 Å². The second-order valence-corrected chi connectivity index (χ2v) is 12.2. The molecular weight excluding hydrogens is 563 g/mol. The number of halogens is 1. The van der Waals surface area contributed by atoms with Gasteiger partial charge >= 0.3 is 5.97 Å². The molecule has 1 aliphatic heterocycles. The van der Waals surface area contributed by atoms with Crippen molar-refractivity contribution in [3.8, 4) is 11.5 Å². The molecule has 9 heteroatoms. The molecule has 4 aromatic rings. The third kappa shape index (κ3) is 6.78. The van der Waals surface area contributed by atoms with E-state index in [2.05, 4.69) is 5.16 Å². The van der Waals surface area contributed by atoms with Crippen molar-refractivity contribution in [2.45, 2.75) is 51.4 Å². The Hall–Kier alpha value is -4.24. The molecule has 232 valence electrons. The summed E-state index contributed by atoms with van der Waals surface area (Å²) in [6.45, 7) is 8.26. The van der Waals surface area contributed by atoms with Crippen LogP contribution in [0.15, 0.2) is 71.3 Å². The molecule has 0 aliphatic carbocycles. The molecule has 0 bridgehead atoms. The lowest BCUT2D eigenvalue weighted by molar-refractivity contribution is -0.948. The highest BCUT2D eigenvalue weighted by atomic mass is 19.1. The van der Waals surface area contributed by atoms with E-state index in [-0.39, 0.29) is 30.2 Å². The maximum Gasteiger partial charge on any atom is 0.320 e. The Labute approximate surface area is 257 Å². The summed E-state index contributed by atoms with van der Waals surface area (Å²) in [6, 6.07) is 19.4. The van der Waals surface area contributed by atoms with Crippen LogP contribution in [0.1, 0.15) is 67.6 Å². The molecular formula is C35H40FN2O6+. The fourth-order valence-electron chi connectivity index (χ4n) is 5.97. The van der Waals surface area contributed by atoms with Crippen LogP contribution in [-0.4, -0.2) is 61.5 Å². The molecule has 1 fully saturated rings. The lowest BCUT2D eigenvalue weighted by Gasteiger charge is -2.43. The van der Waals surface area contributed by atoms with Crippen LogP contribution >= 0.6 is 0 Å². The van der Waals surface area contributed by atoms with Gasteiger partial charge in [0, 0.05) is 42.2 Å². The summed E-state index contributed by atoms with van der Waals surface area (Å²) in [4.78, 5) is 25.2. The van der Waals surface area contributed by atoms with Gasteiger partial charge < -0.3 is 18.7 Å². The number of benzene rings is 3. The number of Topliss-reactive ketones (excluding diaryl/α,β-unsaturated/α-hetero) is 1. The Kier molecular flexibility index (Phi) is 9.34. The van der Waals surface area contributed by atoms with Gasteiger partial charge in [0.15, 0.2) is 22.9 Å². The zero-order valence-corrected chi connectivity index (χ0v) is 25.8. The standard InChI is InChI=1S/C35H40FN2O6/c1-24(39)26-11-14-30(32(21-26)41-4)42-20-8-17-38(23-43-34(40)35(2,3)27-9-6-5-7-10-27)18-15-25(16-19-38)33-29-13-12-28(36)22-31(29)44-37-33/h5-7,9-14,21-22,25H,8,15-20,23H2,1-4H3/q+1. The number of methoxy groups -OCH3 is 1. The number of aromatic nitrogens is 1. The number of rotatable bonds is 12. The normalized spacial score (nSPS) is 18.6. The van der Waals surface area contributed by atoms with E-state index in [1.54, 1.807) is 31.4 Å². The second kappa shape index (κ2) is 13.2. The van der Waals surface area contributed by atoms with Crippen molar-refractivity contribution in [1.29, 1.82) is 0 Å². The number of ether oxygens (including phenoxy) is 3. The predicted molar refractivity (Wildman–Crippen MR) is 164 cm³/mol. The van der Waals surface area contributed by atoms with E-state index in [4.69, 9.17) is 18.7 Å². The van der Waals surface area contributed by atoms with E-state index in [0.29, 0.717) is 40.2 Å². The summed E-state index contributed by atoms with van der Waals surface area (Å²) in [7, 11) is 1.55. The molecule has 1 saturated heterocycles. The first kappa shape index (κ1) is 31.2. The molecule has 44 heavy (non-hydrogen) atoms. The smallest absolute Gasteiger partial charge is 0.320 e. The summed E-state index contributed by atoms with van der Waals surface area (Å²) < 4.78 is 37.3. The first-order chi connectivity index (χ1) is 21.1. The van der Waals surface area contributed by atoms with E-state index >= 15 is 0 Å². The number of piperidine rings is 1. The minimum absolute atomic E-state index is 0.0412. The molecule has 0 unspecified atom stereocenters. The summed E-state index contributed by atoms with van der Waals surface area (Å²) in [5, 5.41) is 5.14. The van der Waals surface area contributed by atoms with E-state index in [1.807, 2.05) is 44.2 Å². The SMILES string of the molecule is COc1cc(C(C)=O)ccc1OCCC[N+]1(COC(=O)C(C)(C)c2ccccc2)CCC(c2noc3cc(F)ccc23)CC1. The van der Waals surface area contributed by atoms with E-state index in [0.717, 1.165) is 49.1 Å². The number of fused-ring (bicyclic) bond motifs is 1. The van der Waals surface area contributed by atoms with Crippen LogP contribution in [0.3, 0.4) is 0 Å². The molecule has 3 aromatic carbocycles. The van der Waals surface area contributed by atoms with Crippen LogP contribution in [-0.2, 0) is 14.9 Å². The quantitative estimate of drug-likeness (QED) is 0.0760. The zero-order valence-electron chi connectivity index (χ0n) is 25.8. The molecule has 8 nitrogen and oxygen atoms in total. The van der Waals surface area contributed by atoms with Crippen LogP contribution in [0, 0.1) is 5.82 Å². The van der Waals surface area contributed by atoms with Crippen molar-refractivity contribution >= 4 is 22.7 Å². The van der Waals surface area contributed by atoms with Crippen LogP contribution < -0.4 is 9.47 Å². The van der Waals surface area contributed by atoms with Gasteiger partial charge in [0.05, 0.1) is 44.5 Å². The Morgan fingerprint density at radius 2 is 1.77 bits per heavy atom. The molecule has 0 radical (unpaired) electrons. The maximum absolute atomic E-state index is 13.7. The Bertz CT molecular complexity index is 1610. The number of likely N-dealkylation sites (tertiary alicyclic amines) is 1. The molecule has 0 saturated carbocycles. The van der Waals surface area contributed by atoms with Crippen LogP contribution in [0.5, 0.6) is 11.5 Å². The van der Waals surface area contributed by atoms with Crippen LogP contribution in [0.25, 0.3) is 11.0 Å². The minimum atomic E-state index is -0.788. The second-order valence-electron chi connectivity index (χ2n) is 12.2. The molecule has 1 aliphatic rings. The number of hydrogen-bond donors (Lipinski definition) is 0. The van der Waals surface area contributed by atoms with Crippen molar-refractivity contribution in [2.24, 2.45) is 0 Å². The number of esters is 1. The monoisotopic (exact) mass is 603 g/mol. The molecule has 0 atom stereocenters. The Balaban J connectivity index is 1.27. The number of nitrogens with zero attached hydrogens (tertiary/aromatic N) is 2. The van der Waals surface area contributed by atoms with Gasteiger partial charge in [0.25, 0.3) is 0 Å². The fraction of sp³-hybridized carbons (Fsp3) is 0.400. The van der Waals surface area contributed by atoms with Gasteiger partial charge in [-0.2, -0.15) is 0 Å². The van der Waals surface area contributed by atoms with Crippen LogP contribution in [0.4, 0.5) is 4.39 Å². The van der Waals surface area contributed by atoms with Crippen molar-refractivity contribution in [2.75, 3.05) is 40.1 Å². The summed E-state index contributed by atoms with van der Waals surface area (Å²) in [5.74, 6) is 0.589. The number of hydrogen-bond acceptors (Lipinski definition) is 7. The number of carbonyl (C=O) groups excluding carboxylic acids is 2. The third-order valence-corrected chi connectivity index (χ3v) is 8.83. The zero-order chi connectivity index (χ0) is 31.3. The van der Waals surface area contributed by atoms with Crippen molar-refractivity contribution in [3.05, 3.63) is 89.4 Å². The first-order valence-corrected chi connectivity index (χ1v) is 15.1. The highest BCUT2D eigenvalue weighted by molar-refractivity contribution is 5.94. The van der Waals surface area contributed by atoms with Gasteiger partial charge in [-0.25, -0.2) is 4.39 Å². The van der Waals surface area contributed by atoms with Gasteiger partial charge in [0.2, 0.25) is 6.73 Å². The minimum Gasteiger partial charge on any atom is -0.493 e. The van der Waals surface area contributed by atoms with E-state index in [1.165, 1.54) is 19.1 Å². The molecule has 0 spiro atoms. The summed E-state index contributed by atoms with van der Waals surface area (Å²) in [5.41, 5.74) is 1.98. The molecule has 2 heterocycles. The van der Waals surface area contributed by atoms with Gasteiger partial charge in [-0.15, -0.1) is 0 Å². The van der Waals surface area contributed by atoms with E-state index < -0.39 is 5.41 Å². The highest BCUT2D eigenvalue weighted by Crippen LogP contribution is 2.36. The van der Waals surface area contributed by atoms with Gasteiger partial charge in [-0.3, -0.25) is 14.1 Å². The largest absolute Gasteiger partial charge is 0.493 e. The van der Waals surface area contributed by atoms with E-state index in [9.17, 15) is 14.0 Å². The van der Waals surface area contributed by atoms with Crippen molar-refractivity contribution in [3.63, 3.8) is 0 Å². The van der Waals surface area contributed by atoms with Gasteiger partial charge in [-0.05, 0) is 56.7 Å². The topological polar surface area (TPSA) is 87.9 Å². The lowest BCUT2D eigenvalue weighted by Crippen LogP contribution is -2.55. The molecule has 5 rings (SSSR count). The third-order valence-electron chi connectivity index (χ3n) is 8.83. The van der Waals surface area contributed by atoms with Gasteiger partial charge in [-0.1, -0.05) is 35.5 Å². The average molecular weight is 604 g/mol. The number of carbonyl (C=O) groups is 2. The lowest BCUT2D eigenvalue weighted by atomic mass is 9.85. The van der Waals surface area contributed by atoms with Crippen LogP contribution in [0.2, 0.25) is 0 Å². The Morgan fingerprint density at radius 3 is 2.48 bits per heavy atom. The molecule has 0 amide bonds. The summed E-state index contributed by atoms with van der Waals surface area (Å²) >= 11 is 0. The maximum atomic E-state index is 13.7. The van der Waals surface area contributed by atoms with Crippen molar-refractivity contribution in [1.82, 2.24) is 5.16 Å². The van der Waals surface area contributed by atoms with Crippen molar-refractivity contribution < 1.29 is 37.2 Å². The Morgan fingerprint density at radius 1 is 1.02 bits per heavy atom. The average Bonchev–Trinajstić information content (AvgIpc) is 3.45. The highest BCUT2D eigenvalue weighted by Gasteiger charge is 2.39. The number of quaternary nitrogens is 1. The first-order valence-electron chi connectivity index (χ1n) is 15.1. The number of ketones is 1. The summed E-state index contributed by atoms with van der Waals surface area (Å²) in [6.07, 6.45) is 2.35. The molecule has 0 N–H and O–H groups in total. The fourth-order valence-corrected chi connectivity index (χ4v) is 5.97.